The van der Waals surface area contributed by atoms with Crippen LogP contribution in [0.15, 0.2) is 27.9 Å². The second kappa shape index (κ2) is 8.33. The summed E-state index contributed by atoms with van der Waals surface area (Å²) in [6, 6.07) is 7.47. The van der Waals surface area contributed by atoms with Crippen LogP contribution in [-0.4, -0.2) is 37.8 Å². The van der Waals surface area contributed by atoms with E-state index in [1.807, 2.05) is 17.9 Å². The Morgan fingerprint density at radius 3 is 2.66 bits per heavy atom. The van der Waals surface area contributed by atoms with Crippen LogP contribution in [0, 0.1) is 22.7 Å². The van der Waals surface area contributed by atoms with Gasteiger partial charge in [0.15, 0.2) is 0 Å². The van der Waals surface area contributed by atoms with Crippen molar-refractivity contribution in [2.24, 2.45) is 12.8 Å². The van der Waals surface area contributed by atoms with Gasteiger partial charge in [0.1, 0.15) is 29.0 Å². The monoisotopic (exact) mass is 432 g/mol. The lowest BCUT2D eigenvalue weighted by molar-refractivity contribution is 0.498. The average Bonchev–Trinajstić information content (AvgIpc) is 3.15. The van der Waals surface area contributed by atoms with Gasteiger partial charge in [0, 0.05) is 38.9 Å². The minimum atomic E-state index is -0.566. The Kier molecular flexibility index (Phi) is 5.56. The highest BCUT2D eigenvalue weighted by atomic mass is 16.2. The van der Waals surface area contributed by atoms with E-state index in [-0.39, 0.29) is 18.1 Å². The maximum Gasteiger partial charge on any atom is 0.331 e. The van der Waals surface area contributed by atoms with Gasteiger partial charge in [0.25, 0.3) is 5.56 Å². The van der Waals surface area contributed by atoms with Crippen LogP contribution in [-0.2, 0) is 20.1 Å². The first-order valence-corrected chi connectivity index (χ1v) is 10.5. The van der Waals surface area contributed by atoms with Crippen LogP contribution in [0.25, 0.3) is 11.0 Å². The van der Waals surface area contributed by atoms with Gasteiger partial charge in [0.05, 0.1) is 23.3 Å². The Balaban J connectivity index is 2.01. The molecule has 32 heavy (non-hydrogen) atoms. The van der Waals surface area contributed by atoms with Gasteiger partial charge < -0.3 is 15.2 Å². The summed E-state index contributed by atoms with van der Waals surface area (Å²) < 4.78 is 4.21. The maximum absolute atomic E-state index is 13.6. The Morgan fingerprint density at radius 2 is 2.00 bits per heavy atom. The van der Waals surface area contributed by atoms with Gasteiger partial charge in [-0.1, -0.05) is 0 Å². The van der Waals surface area contributed by atoms with E-state index >= 15 is 0 Å². The summed E-state index contributed by atoms with van der Waals surface area (Å²) >= 11 is 0. The Labute approximate surface area is 184 Å². The molecule has 2 N–H and O–H groups in total. The van der Waals surface area contributed by atoms with Gasteiger partial charge in [-0.2, -0.15) is 10.5 Å². The molecule has 3 aromatic rings. The highest BCUT2D eigenvalue weighted by Gasteiger charge is 2.29. The van der Waals surface area contributed by atoms with Crippen LogP contribution in [0.2, 0.25) is 0 Å². The number of rotatable bonds is 4. The topological polar surface area (TPSA) is 139 Å². The Morgan fingerprint density at radius 1 is 1.22 bits per heavy atom. The van der Waals surface area contributed by atoms with Gasteiger partial charge in [0.2, 0.25) is 0 Å². The summed E-state index contributed by atoms with van der Waals surface area (Å²) in [6.07, 6.45) is 3.31. The predicted molar refractivity (Wildman–Crippen MR) is 119 cm³/mol. The van der Waals surface area contributed by atoms with E-state index in [0.29, 0.717) is 41.2 Å². The molecule has 0 aromatic carbocycles. The van der Waals surface area contributed by atoms with E-state index in [1.165, 1.54) is 10.8 Å². The zero-order chi connectivity index (χ0) is 23.0. The van der Waals surface area contributed by atoms with Crippen molar-refractivity contribution in [2.75, 3.05) is 18.0 Å². The second-order valence-corrected chi connectivity index (χ2v) is 7.94. The van der Waals surface area contributed by atoms with Gasteiger partial charge >= 0.3 is 5.69 Å². The highest BCUT2D eigenvalue weighted by molar-refractivity contribution is 5.89. The fourth-order valence-electron chi connectivity index (χ4n) is 4.52. The molecule has 3 aromatic heterocycles. The Bertz CT molecular complexity index is 1400. The molecule has 4 heterocycles. The lowest BCUT2D eigenvalue weighted by Crippen LogP contribution is -2.44. The SMILES string of the molecule is CCn1c(N2CCC[C@@H](N)C2)c(C#N)c2c1c(=O)n(Cc1ncccc1C#N)c(=O)n2C. The summed E-state index contributed by atoms with van der Waals surface area (Å²) in [5.41, 5.74) is 6.64. The van der Waals surface area contributed by atoms with Crippen molar-refractivity contribution in [3.05, 3.63) is 56.0 Å². The smallest absolute Gasteiger partial charge is 0.331 e. The van der Waals surface area contributed by atoms with Gasteiger partial charge in [-0.3, -0.25) is 18.9 Å². The number of hydrogen-bond donors (Lipinski definition) is 1. The van der Waals surface area contributed by atoms with E-state index in [9.17, 15) is 20.1 Å². The number of fused-ring (bicyclic) bond motifs is 1. The van der Waals surface area contributed by atoms with Crippen molar-refractivity contribution >= 4 is 16.9 Å². The fourth-order valence-corrected chi connectivity index (χ4v) is 4.52. The van der Waals surface area contributed by atoms with E-state index in [1.54, 1.807) is 23.7 Å². The molecule has 0 unspecified atom stereocenters. The van der Waals surface area contributed by atoms with Crippen molar-refractivity contribution in [2.45, 2.75) is 38.9 Å². The van der Waals surface area contributed by atoms with Crippen molar-refractivity contribution in [3.63, 3.8) is 0 Å². The first-order chi connectivity index (χ1) is 15.4. The molecule has 164 valence electrons. The number of hydrogen-bond acceptors (Lipinski definition) is 7. The summed E-state index contributed by atoms with van der Waals surface area (Å²) in [4.78, 5) is 33.0. The van der Waals surface area contributed by atoms with Crippen LogP contribution in [0.1, 0.15) is 36.6 Å². The van der Waals surface area contributed by atoms with E-state index in [2.05, 4.69) is 11.1 Å². The molecule has 1 aliphatic rings. The number of nitriles is 2. The van der Waals surface area contributed by atoms with Crippen molar-refractivity contribution < 1.29 is 0 Å². The molecular formula is C22H24N8O2. The number of aromatic nitrogens is 4. The zero-order valence-electron chi connectivity index (χ0n) is 18.1. The molecule has 0 aliphatic carbocycles. The van der Waals surface area contributed by atoms with Crippen molar-refractivity contribution in [3.8, 4) is 12.1 Å². The number of nitrogens with zero attached hydrogens (tertiary/aromatic N) is 7. The average molecular weight is 432 g/mol. The molecule has 10 heteroatoms. The lowest BCUT2D eigenvalue weighted by Gasteiger charge is -2.33. The maximum atomic E-state index is 13.6. The lowest BCUT2D eigenvalue weighted by atomic mass is 10.1. The zero-order valence-corrected chi connectivity index (χ0v) is 18.1. The molecule has 1 fully saturated rings. The largest absolute Gasteiger partial charge is 0.355 e. The summed E-state index contributed by atoms with van der Waals surface area (Å²) in [5, 5.41) is 19.4. The number of anilines is 1. The normalized spacial score (nSPS) is 16.2. The molecule has 10 nitrogen and oxygen atoms in total. The first-order valence-electron chi connectivity index (χ1n) is 10.5. The number of pyridine rings is 1. The third kappa shape index (κ3) is 3.26. The molecule has 1 aliphatic heterocycles. The van der Waals surface area contributed by atoms with Gasteiger partial charge in [-0.25, -0.2) is 4.79 Å². The molecule has 1 atom stereocenters. The Hall–Kier alpha value is -3.89. The fraction of sp³-hybridized carbons (Fsp3) is 0.409. The molecule has 0 radical (unpaired) electrons. The molecule has 0 spiro atoms. The van der Waals surface area contributed by atoms with Crippen molar-refractivity contribution in [1.82, 2.24) is 18.7 Å². The van der Waals surface area contributed by atoms with E-state index in [0.717, 1.165) is 24.0 Å². The van der Waals surface area contributed by atoms with E-state index in [4.69, 9.17) is 5.73 Å². The van der Waals surface area contributed by atoms with Crippen LogP contribution >= 0.6 is 0 Å². The molecule has 0 saturated carbocycles. The predicted octanol–water partition coefficient (Wildman–Crippen LogP) is 0.636. The second-order valence-electron chi connectivity index (χ2n) is 7.94. The molecule has 4 rings (SSSR count). The minimum Gasteiger partial charge on any atom is -0.355 e. The van der Waals surface area contributed by atoms with Crippen LogP contribution in [0.4, 0.5) is 5.82 Å². The molecular weight excluding hydrogens is 408 g/mol. The third-order valence-electron chi connectivity index (χ3n) is 6.02. The quantitative estimate of drug-likeness (QED) is 0.638. The summed E-state index contributed by atoms with van der Waals surface area (Å²) in [5.74, 6) is 0.626. The van der Waals surface area contributed by atoms with Crippen LogP contribution in [0.5, 0.6) is 0 Å². The first kappa shape index (κ1) is 21.3. The number of aryl methyl sites for hydroxylation is 2. The highest BCUT2D eigenvalue weighted by Crippen LogP contribution is 2.31. The number of nitrogens with two attached hydrogens (primary N) is 1. The minimum absolute atomic E-state index is 0.0207. The molecule has 0 amide bonds. The summed E-state index contributed by atoms with van der Waals surface area (Å²) in [6.45, 7) is 3.51. The van der Waals surface area contributed by atoms with E-state index < -0.39 is 11.2 Å². The molecule has 0 bridgehead atoms. The van der Waals surface area contributed by atoms with Crippen LogP contribution in [0.3, 0.4) is 0 Å². The third-order valence-corrected chi connectivity index (χ3v) is 6.02. The standard InChI is InChI=1S/C22H24N8O2/c1-3-29-19-18(16(11-24)20(29)28-9-5-7-15(25)12-28)27(2)22(32)30(21(19)31)13-17-14(10-23)6-4-8-26-17/h4,6,8,15H,3,5,7,9,12-13,25H2,1-2H3/t15-/m1/s1. The van der Waals surface area contributed by atoms with Crippen molar-refractivity contribution in [1.29, 1.82) is 10.5 Å². The summed E-state index contributed by atoms with van der Waals surface area (Å²) in [7, 11) is 1.55. The van der Waals surface area contributed by atoms with Crippen LogP contribution < -0.4 is 21.9 Å². The van der Waals surface area contributed by atoms with Gasteiger partial charge in [-0.05, 0) is 31.9 Å². The van der Waals surface area contributed by atoms with Gasteiger partial charge in [-0.15, -0.1) is 0 Å². The number of piperidine rings is 1. The molecule has 1 saturated heterocycles.